The molecule has 1 N–H and O–H groups in total. The smallest absolute Gasteiger partial charge is 0.251 e. The number of nitrogens with one attached hydrogen (secondary N) is 1. The number of hydrogen-bond acceptors (Lipinski definition) is 4. The zero-order chi connectivity index (χ0) is 23.1. The number of carbonyl (C=O) groups is 2. The number of likely N-dealkylation sites (tertiary alicyclic amines) is 1. The van der Waals surface area contributed by atoms with Gasteiger partial charge in [0.05, 0.1) is 0 Å². The van der Waals surface area contributed by atoms with Crippen molar-refractivity contribution in [2.45, 2.75) is 52.2 Å². The third kappa shape index (κ3) is 6.28. The number of hydrogen-bond donors (Lipinski definition) is 1. The van der Waals surface area contributed by atoms with Crippen molar-refractivity contribution < 1.29 is 14.3 Å². The Bertz CT molecular complexity index is 918. The van der Waals surface area contributed by atoms with Gasteiger partial charge in [-0.05, 0) is 62.5 Å². The van der Waals surface area contributed by atoms with Crippen LogP contribution in [-0.2, 0) is 4.79 Å². The summed E-state index contributed by atoms with van der Waals surface area (Å²) in [5.74, 6) is 1.59. The van der Waals surface area contributed by atoms with E-state index in [1.165, 1.54) is 0 Å². The van der Waals surface area contributed by atoms with Crippen LogP contribution in [0.15, 0.2) is 42.5 Å². The molecule has 1 unspecified atom stereocenters. The minimum Gasteiger partial charge on any atom is -0.490 e. The molecule has 172 valence electrons. The fourth-order valence-electron chi connectivity index (χ4n) is 4.09. The van der Waals surface area contributed by atoms with Crippen LogP contribution in [0.2, 0.25) is 0 Å². The predicted molar refractivity (Wildman–Crippen MR) is 132 cm³/mol. The predicted octanol–water partition coefficient (Wildman–Crippen LogP) is 4.53. The fraction of sp³-hybridized carbons (Fsp3) is 0.462. The lowest BCUT2D eigenvalue weighted by molar-refractivity contribution is -0.135. The molecule has 32 heavy (non-hydrogen) atoms. The molecule has 1 aliphatic heterocycles. The van der Waals surface area contributed by atoms with Gasteiger partial charge in [-0.15, -0.1) is 0 Å². The molecule has 3 rings (SSSR count). The molecule has 0 saturated carbocycles. The standard InChI is InChI=1S/C26H34N2O3S/c1-18-7-5-10-21(17-18)25(29)27-23(13-16-32-4)26(30)28-14-11-22(12-15-28)31-24-19(2)8-6-9-20(24)3/h5-10,17,22-23H,11-16H2,1-4H3,(H,27,29). The lowest BCUT2D eigenvalue weighted by Crippen LogP contribution is -2.52. The molecule has 1 fully saturated rings. The first-order chi connectivity index (χ1) is 15.4. The first-order valence-corrected chi connectivity index (χ1v) is 12.7. The number of nitrogens with zero attached hydrogens (tertiary/aromatic N) is 1. The molecule has 0 bridgehead atoms. The number of piperidine rings is 1. The van der Waals surface area contributed by atoms with Crippen LogP contribution in [0.25, 0.3) is 0 Å². The van der Waals surface area contributed by atoms with Crippen molar-refractivity contribution in [2.75, 3.05) is 25.1 Å². The Labute approximate surface area is 195 Å². The van der Waals surface area contributed by atoms with Crippen LogP contribution in [0.5, 0.6) is 5.75 Å². The molecule has 2 aromatic rings. The Morgan fingerprint density at radius 3 is 2.38 bits per heavy atom. The SMILES string of the molecule is CSCCC(NC(=O)c1cccc(C)c1)C(=O)N1CCC(Oc2c(C)cccc2C)CC1. The van der Waals surface area contributed by atoms with E-state index in [4.69, 9.17) is 4.74 Å². The van der Waals surface area contributed by atoms with E-state index in [0.29, 0.717) is 25.1 Å². The van der Waals surface area contributed by atoms with E-state index in [0.717, 1.165) is 41.0 Å². The second-order valence-electron chi connectivity index (χ2n) is 8.54. The molecule has 0 aromatic heterocycles. The highest BCUT2D eigenvalue weighted by Crippen LogP contribution is 2.26. The minimum atomic E-state index is -0.508. The van der Waals surface area contributed by atoms with Gasteiger partial charge in [0, 0.05) is 31.5 Å². The van der Waals surface area contributed by atoms with Gasteiger partial charge in [0.15, 0.2) is 0 Å². The molecule has 0 aliphatic carbocycles. The van der Waals surface area contributed by atoms with Crippen molar-refractivity contribution in [3.8, 4) is 5.75 Å². The van der Waals surface area contributed by atoms with Crippen molar-refractivity contribution in [2.24, 2.45) is 0 Å². The van der Waals surface area contributed by atoms with Gasteiger partial charge in [-0.2, -0.15) is 11.8 Å². The highest BCUT2D eigenvalue weighted by atomic mass is 32.2. The number of thioether (sulfide) groups is 1. The molecule has 0 radical (unpaired) electrons. The van der Waals surface area contributed by atoms with Gasteiger partial charge >= 0.3 is 0 Å². The molecular formula is C26H34N2O3S. The van der Waals surface area contributed by atoms with Crippen LogP contribution in [0.1, 0.15) is 46.3 Å². The first kappa shape index (κ1) is 24.2. The zero-order valence-electron chi connectivity index (χ0n) is 19.5. The van der Waals surface area contributed by atoms with Gasteiger partial charge in [-0.3, -0.25) is 9.59 Å². The number of rotatable bonds is 8. The third-order valence-corrected chi connectivity index (χ3v) is 6.59. The molecule has 1 saturated heterocycles. The monoisotopic (exact) mass is 454 g/mol. The number of para-hydroxylation sites is 1. The molecule has 1 heterocycles. The van der Waals surface area contributed by atoms with Crippen LogP contribution in [0.4, 0.5) is 0 Å². The summed E-state index contributed by atoms with van der Waals surface area (Å²) in [5, 5.41) is 2.98. The fourth-order valence-corrected chi connectivity index (χ4v) is 4.56. The van der Waals surface area contributed by atoms with Gasteiger partial charge in [-0.25, -0.2) is 0 Å². The summed E-state index contributed by atoms with van der Waals surface area (Å²) in [6.45, 7) is 7.37. The van der Waals surface area contributed by atoms with Crippen molar-refractivity contribution in [3.63, 3.8) is 0 Å². The Balaban J connectivity index is 1.60. The van der Waals surface area contributed by atoms with Crippen LogP contribution in [-0.4, -0.2) is 54.0 Å². The van der Waals surface area contributed by atoms with Crippen molar-refractivity contribution in [1.82, 2.24) is 10.2 Å². The van der Waals surface area contributed by atoms with E-state index in [2.05, 4.69) is 31.3 Å². The van der Waals surface area contributed by atoms with Crippen LogP contribution < -0.4 is 10.1 Å². The summed E-state index contributed by atoms with van der Waals surface area (Å²) >= 11 is 1.68. The zero-order valence-corrected chi connectivity index (χ0v) is 20.3. The quantitative estimate of drug-likeness (QED) is 0.637. The van der Waals surface area contributed by atoms with E-state index < -0.39 is 6.04 Å². The topological polar surface area (TPSA) is 58.6 Å². The van der Waals surface area contributed by atoms with Crippen molar-refractivity contribution in [1.29, 1.82) is 0 Å². The number of carbonyl (C=O) groups excluding carboxylic acids is 2. The first-order valence-electron chi connectivity index (χ1n) is 11.3. The number of benzene rings is 2. The van der Waals surface area contributed by atoms with E-state index in [1.54, 1.807) is 17.8 Å². The van der Waals surface area contributed by atoms with Crippen LogP contribution in [0, 0.1) is 20.8 Å². The van der Waals surface area contributed by atoms with Crippen LogP contribution >= 0.6 is 11.8 Å². The maximum atomic E-state index is 13.3. The van der Waals surface area contributed by atoms with Gasteiger partial charge in [0.25, 0.3) is 5.91 Å². The third-order valence-electron chi connectivity index (χ3n) is 5.94. The van der Waals surface area contributed by atoms with E-state index in [1.807, 2.05) is 42.3 Å². The Kier molecular flexibility index (Phi) is 8.62. The Hall–Kier alpha value is -2.47. The normalized spacial score (nSPS) is 15.3. The maximum Gasteiger partial charge on any atom is 0.251 e. The van der Waals surface area contributed by atoms with Crippen molar-refractivity contribution in [3.05, 3.63) is 64.7 Å². The lowest BCUT2D eigenvalue weighted by atomic mass is 10.0. The second-order valence-corrected chi connectivity index (χ2v) is 9.53. The maximum absolute atomic E-state index is 13.3. The highest BCUT2D eigenvalue weighted by Gasteiger charge is 2.30. The van der Waals surface area contributed by atoms with Crippen molar-refractivity contribution >= 4 is 23.6 Å². The molecular weight excluding hydrogens is 420 g/mol. The van der Waals surface area contributed by atoms with Gasteiger partial charge in [0.1, 0.15) is 17.9 Å². The number of ether oxygens (including phenoxy) is 1. The van der Waals surface area contributed by atoms with Gasteiger partial charge in [0.2, 0.25) is 5.91 Å². The Morgan fingerprint density at radius 1 is 1.09 bits per heavy atom. The molecule has 2 amide bonds. The molecule has 2 aromatic carbocycles. The summed E-state index contributed by atoms with van der Waals surface area (Å²) in [4.78, 5) is 27.9. The molecule has 0 spiro atoms. The minimum absolute atomic E-state index is 0.00516. The summed E-state index contributed by atoms with van der Waals surface area (Å²) in [6.07, 6.45) is 4.32. The van der Waals surface area contributed by atoms with E-state index in [9.17, 15) is 9.59 Å². The van der Waals surface area contributed by atoms with Gasteiger partial charge < -0.3 is 15.0 Å². The molecule has 5 nitrogen and oxygen atoms in total. The van der Waals surface area contributed by atoms with Gasteiger partial charge in [-0.1, -0.05) is 35.9 Å². The average molecular weight is 455 g/mol. The Morgan fingerprint density at radius 2 is 1.75 bits per heavy atom. The summed E-state index contributed by atoms with van der Waals surface area (Å²) in [7, 11) is 0. The molecule has 1 aliphatic rings. The average Bonchev–Trinajstić information content (AvgIpc) is 2.79. The molecule has 1 atom stereocenters. The lowest BCUT2D eigenvalue weighted by Gasteiger charge is -2.35. The molecule has 6 heteroatoms. The second kappa shape index (κ2) is 11.4. The number of amides is 2. The summed E-state index contributed by atoms with van der Waals surface area (Å²) < 4.78 is 6.29. The summed E-state index contributed by atoms with van der Waals surface area (Å²) in [5.41, 5.74) is 3.89. The van der Waals surface area contributed by atoms with Crippen LogP contribution in [0.3, 0.4) is 0 Å². The highest BCUT2D eigenvalue weighted by molar-refractivity contribution is 7.98. The largest absolute Gasteiger partial charge is 0.490 e. The van der Waals surface area contributed by atoms with E-state index in [-0.39, 0.29) is 17.9 Å². The summed E-state index contributed by atoms with van der Waals surface area (Å²) in [6, 6.07) is 13.1. The van der Waals surface area contributed by atoms with E-state index >= 15 is 0 Å². The number of aryl methyl sites for hydroxylation is 3.